The van der Waals surface area contributed by atoms with Crippen LogP contribution < -0.4 is 10.6 Å². The molecule has 4 rings (SSSR count). The van der Waals surface area contributed by atoms with E-state index in [-0.39, 0.29) is 33.5 Å². The van der Waals surface area contributed by atoms with Crippen molar-refractivity contribution < 1.29 is 31.5 Å². The van der Waals surface area contributed by atoms with Gasteiger partial charge in [0, 0.05) is 38.7 Å². The van der Waals surface area contributed by atoms with Gasteiger partial charge in [-0.2, -0.15) is 24.9 Å². The molecule has 0 aliphatic carbocycles. The first-order valence-electron chi connectivity index (χ1n) is 10.1. The Morgan fingerprint density at radius 1 is 1.09 bits per heavy atom. The Hall–Kier alpha value is -3.11. The van der Waals surface area contributed by atoms with E-state index in [9.17, 15) is 31.5 Å². The third-order valence-electron chi connectivity index (χ3n) is 5.36. The number of fused-ring (bicyclic) bond motifs is 1. The van der Waals surface area contributed by atoms with Crippen molar-refractivity contribution in [1.82, 2.24) is 5.32 Å². The summed E-state index contributed by atoms with van der Waals surface area (Å²) in [6.45, 7) is 0. The maximum Gasteiger partial charge on any atom is 0.416 e. The molecule has 0 spiro atoms. The molecular formula is C24H16ClF5N2O2S. The van der Waals surface area contributed by atoms with Gasteiger partial charge in [-0.3, -0.25) is 9.59 Å². The summed E-state index contributed by atoms with van der Waals surface area (Å²) >= 11 is 7.69. The van der Waals surface area contributed by atoms with Crippen LogP contribution in [-0.4, -0.2) is 18.1 Å². The largest absolute Gasteiger partial charge is 0.416 e. The van der Waals surface area contributed by atoms with Crippen molar-refractivity contribution in [2.24, 2.45) is 0 Å². The summed E-state index contributed by atoms with van der Waals surface area (Å²) in [7, 11) is 0. The van der Waals surface area contributed by atoms with E-state index in [1.807, 2.05) is 6.26 Å². The average Bonchev–Trinajstić information content (AvgIpc) is 3.11. The highest BCUT2D eigenvalue weighted by Crippen LogP contribution is 2.40. The van der Waals surface area contributed by atoms with Crippen molar-refractivity contribution in [1.29, 1.82) is 0 Å². The molecule has 11 heteroatoms. The van der Waals surface area contributed by atoms with Crippen LogP contribution in [0.25, 0.3) is 0 Å². The molecule has 0 saturated heterocycles. The van der Waals surface area contributed by atoms with Gasteiger partial charge in [-0.25, -0.2) is 8.78 Å². The molecule has 3 aromatic rings. The number of carbonyl (C=O) groups is 2. The van der Waals surface area contributed by atoms with Crippen LogP contribution >= 0.6 is 23.4 Å². The van der Waals surface area contributed by atoms with Gasteiger partial charge in [0.05, 0.1) is 11.6 Å². The Labute approximate surface area is 205 Å². The smallest absolute Gasteiger partial charge is 0.341 e. The molecule has 0 saturated carbocycles. The highest BCUT2D eigenvalue weighted by Gasteiger charge is 2.35. The molecule has 1 aliphatic heterocycles. The zero-order valence-corrected chi connectivity index (χ0v) is 19.5. The van der Waals surface area contributed by atoms with E-state index in [1.54, 1.807) is 12.1 Å². The molecule has 1 unspecified atom stereocenters. The molecule has 2 amide bonds. The Balaban J connectivity index is 1.82. The van der Waals surface area contributed by atoms with Gasteiger partial charge in [-0.1, -0.05) is 11.6 Å². The number of carbonyl (C=O) groups excluding carboxylic acids is 2. The minimum Gasteiger partial charge on any atom is -0.341 e. The third kappa shape index (κ3) is 5.13. The lowest BCUT2D eigenvalue weighted by molar-refractivity contribution is -0.137. The first-order valence-corrected chi connectivity index (χ1v) is 11.9. The maximum absolute atomic E-state index is 14.0. The summed E-state index contributed by atoms with van der Waals surface area (Å²) in [6, 6.07) is 7.38. The van der Waals surface area contributed by atoms with Gasteiger partial charge in [0.1, 0.15) is 11.6 Å². The number of halogens is 6. The van der Waals surface area contributed by atoms with Gasteiger partial charge in [0.25, 0.3) is 11.8 Å². The number of amides is 2. The summed E-state index contributed by atoms with van der Waals surface area (Å²) in [6.07, 6.45) is -3.03. The van der Waals surface area contributed by atoms with Crippen LogP contribution in [0.3, 0.4) is 0 Å². The first kappa shape index (κ1) is 25.0. The van der Waals surface area contributed by atoms with E-state index in [4.69, 9.17) is 11.6 Å². The van der Waals surface area contributed by atoms with E-state index in [0.717, 1.165) is 12.1 Å². The van der Waals surface area contributed by atoms with Gasteiger partial charge >= 0.3 is 6.18 Å². The fraction of sp³-hybridized carbons (Fsp3) is 0.167. The number of benzene rings is 3. The summed E-state index contributed by atoms with van der Waals surface area (Å²) in [5.41, 5.74) is -0.400. The van der Waals surface area contributed by atoms with E-state index >= 15 is 0 Å². The monoisotopic (exact) mass is 526 g/mol. The first-order chi connectivity index (χ1) is 16.5. The Morgan fingerprint density at radius 2 is 1.83 bits per heavy atom. The number of nitrogens with one attached hydrogen (secondary N) is 2. The summed E-state index contributed by atoms with van der Waals surface area (Å²) in [5.74, 6) is -2.87. The number of anilines is 1. The van der Waals surface area contributed by atoms with Crippen LogP contribution in [0.1, 0.15) is 49.0 Å². The molecule has 182 valence electrons. The van der Waals surface area contributed by atoms with Crippen molar-refractivity contribution >= 4 is 40.9 Å². The fourth-order valence-electron chi connectivity index (χ4n) is 3.89. The predicted octanol–water partition coefficient (Wildman–Crippen LogP) is 6.59. The number of alkyl halides is 3. The molecule has 0 bridgehead atoms. The maximum atomic E-state index is 14.0. The lowest BCUT2D eigenvalue weighted by Crippen LogP contribution is -2.21. The van der Waals surface area contributed by atoms with Crippen LogP contribution in [0.4, 0.5) is 27.6 Å². The van der Waals surface area contributed by atoms with Crippen molar-refractivity contribution in [2.45, 2.75) is 18.0 Å². The van der Waals surface area contributed by atoms with Crippen molar-refractivity contribution in [3.8, 4) is 0 Å². The van der Waals surface area contributed by atoms with Gasteiger partial charge in [0.15, 0.2) is 0 Å². The molecule has 3 aromatic carbocycles. The molecule has 1 aliphatic rings. The van der Waals surface area contributed by atoms with E-state index in [1.165, 1.54) is 17.8 Å². The third-order valence-corrected chi connectivity index (χ3v) is 6.33. The van der Waals surface area contributed by atoms with Crippen LogP contribution in [0, 0.1) is 11.6 Å². The van der Waals surface area contributed by atoms with Crippen molar-refractivity contribution in [2.75, 3.05) is 11.6 Å². The minimum atomic E-state index is -4.85. The quantitative estimate of drug-likeness (QED) is 0.369. The minimum absolute atomic E-state index is 0.109. The number of hydrogen-bond acceptors (Lipinski definition) is 3. The molecule has 1 heterocycles. The highest BCUT2D eigenvalue weighted by molar-refractivity contribution is 7.97. The van der Waals surface area contributed by atoms with E-state index in [0.29, 0.717) is 23.4 Å². The number of rotatable bonds is 5. The van der Waals surface area contributed by atoms with E-state index < -0.39 is 46.8 Å². The second kappa shape index (κ2) is 9.50. The summed E-state index contributed by atoms with van der Waals surface area (Å²) in [5, 5.41) is 5.38. The zero-order chi connectivity index (χ0) is 25.5. The van der Waals surface area contributed by atoms with Crippen molar-refractivity contribution in [3.63, 3.8) is 0 Å². The average molecular weight is 527 g/mol. The van der Waals surface area contributed by atoms with Gasteiger partial charge in [-0.15, -0.1) is 0 Å². The van der Waals surface area contributed by atoms with Crippen LogP contribution in [0.2, 0.25) is 5.02 Å². The van der Waals surface area contributed by atoms with E-state index in [2.05, 4.69) is 10.6 Å². The molecule has 4 nitrogen and oxygen atoms in total. The summed E-state index contributed by atoms with van der Waals surface area (Å²) < 4.78 is 67.2. The van der Waals surface area contributed by atoms with Gasteiger partial charge in [0.2, 0.25) is 0 Å². The summed E-state index contributed by atoms with van der Waals surface area (Å²) in [4.78, 5) is 25.7. The second-order valence-electron chi connectivity index (χ2n) is 7.79. The van der Waals surface area contributed by atoms with Crippen LogP contribution in [-0.2, 0) is 11.9 Å². The molecule has 0 radical (unpaired) electrons. The molecule has 35 heavy (non-hydrogen) atoms. The fourth-order valence-corrected chi connectivity index (χ4v) is 4.62. The number of thioether (sulfide) groups is 1. The van der Waals surface area contributed by atoms with Crippen LogP contribution in [0.5, 0.6) is 0 Å². The highest BCUT2D eigenvalue weighted by atomic mass is 35.5. The Kier molecular flexibility index (Phi) is 6.79. The molecule has 0 fully saturated rings. The molecule has 0 aromatic heterocycles. The predicted molar refractivity (Wildman–Crippen MR) is 124 cm³/mol. The Bertz CT molecular complexity index is 1350. The normalized spacial score (nSPS) is 15.1. The lowest BCUT2D eigenvalue weighted by atomic mass is 9.94. The number of hydrogen-bond donors (Lipinski definition) is 2. The van der Waals surface area contributed by atoms with Gasteiger partial charge in [-0.05, 0) is 60.4 Å². The van der Waals surface area contributed by atoms with Crippen molar-refractivity contribution in [3.05, 3.63) is 98.6 Å². The Morgan fingerprint density at radius 3 is 2.51 bits per heavy atom. The topological polar surface area (TPSA) is 58.2 Å². The van der Waals surface area contributed by atoms with Crippen LogP contribution in [0.15, 0.2) is 48.5 Å². The molecule has 1 atom stereocenters. The zero-order valence-electron chi connectivity index (χ0n) is 17.9. The second-order valence-corrected chi connectivity index (χ2v) is 9.06. The standard InChI is InChI=1S/C24H16ClF5N2O2S/c1-35-10-11-4-17-20(21(32-23(17)34)16-9-14(26)2-3-18(16)25)19(5-11)31-22(33)12-6-13(24(28,29)30)8-15(27)7-12/h2-9,21H,10H2,1H3,(H,31,33)(H,32,34). The lowest BCUT2D eigenvalue weighted by Gasteiger charge is -2.19. The van der Waals surface area contributed by atoms with Gasteiger partial charge < -0.3 is 10.6 Å². The SMILES string of the molecule is CSCc1cc(NC(=O)c2cc(F)cc(C(F)(F)F)c2)c2c(c1)C(=O)NC2c1cc(F)ccc1Cl. The molecule has 2 N–H and O–H groups in total. The molecular weight excluding hydrogens is 511 g/mol.